The van der Waals surface area contributed by atoms with E-state index < -0.39 is 21.5 Å². The third-order valence-electron chi connectivity index (χ3n) is 5.07. The maximum absolute atomic E-state index is 13.4. The number of carbonyl (C=O) groups excluding carboxylic acids is 1. The average molecular weight is 360 g/mol. The lowest BCUT2D eigenvalue weighted by Gasteiger charge is -2.32. The summed E-state index contributed by atoms with van der Waals surface area (Å²) in [5, 5.41) is 0. The van der Waals surface area contributed by atoms with E-state index in [9.17, 15) is 9.00 Å². The number of hydrogen-bond acceptors (Lipinski definition) is 2. The Morgan fingerprint density at radius 2 is 1.64 bits per heavy atom. The summed E-state index contributed by atoms with van der Waals surface area (Å²) in [5.74, 6) is -0.988. The highest BCUT2D eigenvalue weighted by Crippen LogP contribution is 2.39. The summed E-state index contributed by atoms with van der Waals surface area (Å²) in [4.78, 5) is 11.6. The molecule has 4 heteroatoms. The molecular weight excluding hydrogens is 330 g/mol. The Morgan fingerprint density at radius 3 is 2.16 bits per heavy atom. The number of aryl methyl sites for hydroxylation is 1. The van der Waals surface area contributed by atoms with Crippen LogP contribution in [-0.2, 0) is 20.3 Å². The van der Waals surface area contributed by atoms with Gasteiger partial charge in [-0.05, 0) is 80.5 Å². The van der Waals surface area contributed by atoms with Crippen molar-refractivity contribution in [2.75, 3.05) is 5.75 Å². The molecule has 0 radical (unpaired) electrons. The van der Waals surface area contributed by atoms with Crippen molar-refractivity contribution in [1.29, 1.82) is 0 Å². The molecule has 2 N–H and O–H groups in total. The lowest BCUT2D eigenvalue weighted by atomic mass is 9.85. The Hall–Kier alpha value is -1.94. The lowest BCUT2D eigenvalue weighted by molar-refractivity contribution is -0.115. The normalized spacial score (nSPS) is 15.9. The second kappa shape index (κ2) is 7.12. The first kappa shape index (κ1) is 16.5. The van der Waals surface area contributed by atoms with Crippen LogP contribution >= 0.6 is 0 Å². The van der Waals surface area contributed by atoms with Crippen molar-refractivity contribution in [3.8, 4) is 0 Å². The van der Waals surface area contributed by atoms with Crippen molar-refractivity contribution < 1.29 is 11.7 Å². The fourth-order valence-corrected chi connectivity index (χ4v) is 4.37. The van der Waals surface area contributed by atoms with Crippen molar-refractivity contribution in [1.82, 2.24) is 0 Å². The number of hydrogen-bond donors (Lipinski definition) is 1. The van der Waals surface area contributed by atoms with E-state index in [4.69, 9.17) is 8.48 Å². The second-order valence-corrected chi connectivity index (χ2v) is 8.53. The first-order chi connectivity index (χ1) is 12.4. The molecule has 25 heavy (non-hydrogen) atoms. The molecule has 0 aromatic heterocycles. The van der Waals surface area contributed by atoms with Crippen LogP contribution in [0.15, 0.2) is 30.3 Å². The molecule has 2 aromatic rings. The highest BCUT2D eigenvalue weighted by atomic mass is 32.2. The molecule has 0 aliphatic heterocycles. The summed E-state index contributed by atoms with van der Waals surface area (Å²) in [6, 6.07) is 6.10. The lowest BCUT2D eigenvalue weighted by Crippen LogP contribution is -2.36. The van der Waals surface area contributed by atoms with Crippen LogP contribution < -0.4 is 5.73 Å². The first-order valence-electron chi connectivity index (χ1n) is 9.25. The molecule has 134 valence electrons. The van der Waals surface area contributed by atoms with E-state index in [1.807, 2.05) is 52.8 Å². The number of primary amides is 1. The van der Waals surface area contributed by atoms with Crippen LogP contribution in [0.3, 0.4) is 0 Å². The molecule has 2 rings (SSSR count). The van der Waals surface area contributed by atoms with Crippen LogP contribution in [0.1, 0.15) is 48.6 Å². The molecule has 0 heterocycles. The molecule has 0 spiro atoms. The predicted octanol–water partition coefficient (Wildman–Crippen LogP) is 3.73. The van der Waals surface area contributed by atoms with Crippen molar-refractivity contribution in [3.63, 3.8) is 0 Å². The third-order valence-corrected chi connectivity index (χ3v) is 6.96. The van der Waals surface area contributed by atoms with Gasteiger partial charge in [-0.3, -0.25) is 9.00 Å². The van der Waals surface area contributed by atoms with E-state index >= 15 is 0 Å². The zero-order chi connectivity index (χ0) is 20.7. The smallest absolute Gasteiger partial charge is 0.230 e. The molecule has 2 atom stereocenters. The van der Waals surface area contributed by atoms with Crippen LogP contribution in [-0.4, -0.2) is 15.9 Å². The molecule has 1 amide bonds. The fraction of sp³-hybridized carbons (Fsp3) is 0.381. The molecule has 0 aliphatic carbocycles. The van der Waals surface area contributed by atoms with Gasteiger partial charge in [0.2, 0.25) is 5.91 Å². The van der Waals surface area contributed by atoms with Gasteiger partial charge in [-0.25, -0.2) is 0 Å². The van der Waals surface area contributed by atoms with Crippen LogP contribution in [0.4, 0.5) is 0 Å². The summed E-state index contributed by atoms with van der Waals surface area (Å²) in [7, 11) is -1.73. The molecule has 0 saturated heterocycles. The van der Waals surface area contributed by atoms with Crippen molar-refractivity contribution >= 4 is 16.7 Å². The number of benzene rings is 2. The van der Waals surface area contributed by atoms with E-state index in [1.165, 1.54) is 0 Å². The van der Waals surface area contributed by atoms with Gasteiger partial charge >= 0.3 is 0 Å². The molecule has 3 nitrogen and oxygen atoms in total. The summed E-state index contributed by atoms with van der Waals surface area (Å²) in [6.45, 7) is 11.2. The Morgan fingerprint density at radius 1 is 1.08 bits per heavy atom. The number of rotatable bonds is 5. The van der Waals surface area contributed by atoms with Gasteiger partial charge < -0.3 is 5.73 Å². The van der Waals surface area contributed by atoms with Crippen LogP contribution in [0.5, 0.6) is 0 Å². The molecule has 0 saturated carbocycles. The van der Waals surface area contributed by atoms with Crippen molar-refractivity contribution in [3.05, 3.63) is 69.2 Å². The number of carbonyl (C=O) groups is 1. The van der Waals surface area contributed by atoms with Gasteiger partial charge in [-0.15, -0.1) is 0 Å². The van der Waals surface area contributed by atoms with E-state index in [1.54, 1.807) is 6.92 Å². The molecular formula is C21H27NO2S. The van der Waals surface area contributed by atoms with Gasteiger partial charge in [0, 0.05) is 10.8 Å². The average Bonchev–Trinajstić information content (AvgIpc) is 2.59. The zero-order valence-corrected chi connectivity index (χ0v) is 16.6. The van der Waals surface area contributed by atoms with Crippen molar-refractivity contribution in [2.45, 2.75) is 46.3 Å². The minimum Gasteiger partial charge on any atom is -0.369 e. The molecule has 0 aliphatic rings. The Labute approximate surface area is 155 Å². The molecule has 2 aromatic carbocycles. The summed E-state index contributed by atoms with van der Waals surface area (Å²) in [5.41, 5.74) is 10.8. The summed E-state index contributed by atoms with van der Waals surface area (Å²) in [6.07, 6.45) is 0. The Bertz CT molecular complexity index is 927. The maximum Gasteiger partial charge on any atom is 0.230 e. The SMILES string of the molecule is [2H]c1c(C)c(C)c(C)c([2H])c1C(C)(c1cccc(C)c1C)S(=O)CC(N)=O. The minimum atomic E-state index is -1.73. The topological polar surface area (TPSA) is 60.2 Å². The number of amides is 1. The Balaban J connectivity index is 2.98. The summed E-state index contributed by atoms with van der Waals surface area (Å²) < 4.78 is 29.6. The highest BCUT2D eigenvalue weighted by molar-refractivity contribution is 7.87. The molecule has 2 unspecified atom stereocenters. The Kier molecular flexibility index (Phi) is 4.71. The van der Waals surface area contributed by atoms with Gasteiger partial charge in [-0.2, -0.15) is 0 Å². The van der Waals surface area contributed by atoms with Gasteiger partial charge in [-0.1, -0.05) is 30.3 Å². The van der Waals surface area contributed by atoms with Gasteiger partial charge in [0.25, 0.3) is 0 Å². The maximum atomic E-state index is 13.4. The van der Waals surface area contributed by atoms with Crippen LogP contribution in [0, 0.1) is 34.6 Å². The van der Waals surface area contributed by atoms with E-state index in [0.717, 1.165) is 33.4 Å². The summed E-state index contributed by atoms with van der Waals surface area (Å²) >= 11 is 0. The number of nitrogens with two attached hydrogens (primary N) is 1. The van der Waals surface area contributed by atoms with Gasteiger partial charge in [0.1, 0.15) is 5.75 Å². The predicted molar refractivity (Wildman–Crippen MR) is 105 cm³/mol. The quantitative estimate of drug-likeness (QED) is 0.884. The second-order valence-electron chi connectivity index (χ2n) is 6.74. The monoisotopic (exact) mass is 359 g/mol. The standard InChI is InChI=1S/C21H27NO2S/c1-13-8-7-9-19(17(13)5)21(6,25(24)12-20(22)23)18-10-14(2)16(4)15(3)11-18/h7-11H,12H2,1-6H3,(H2,22,23)/i10D,11D. The van der Waals surface area contributed by atoms with E-state index in [0.29, 0.717) is 5.56 Å². The van der Waals surface area contributed by atoms with Crippen LogP contribution in [0.25, 0.3) is 0 Å². The van der Waals surface area contributed by atoms with Gasteiger partial charge in [0.15, 0.2) is 0 Å². The zero-order valence-electron chi connectivity index (χ0n) is 17.7. The largest absolute Gasteiger partial charge is 0.369 e. The third kappa shape index (κ3) is 3.54. The van der Waals surface area contributed by atoms with Gasteiger partial charge in [0.05, 0.1) is 7.49 Å². The molecule has 0 fully saturated rings. The van der Waals surface area contributed by atoms with E-state index in [-0.39, 0.29) is 17.8 Å². The molecule has 0 bridgehead atoms. The minimum absolute atomic E-state index is 0.198. The first-order valence-corrected chi connectivity index (χ1v) is 9.57. The fourth-order valence-electron chi connectivity index (χ4n) is 3.03. The van der Waals surface area contributed by atoms with Crippen molar-refractivity contribution in [2.24, 2.45) is 5.73 Å². The van der Waals surface area contributed by atoms with Crippen LogP contribution in [0.2, 0.25) is 0 Å². The highest BCUT2D eigenvalue weighted by Gasteiger charge is 2.38. The van der Waals surface area contributed by atoms with E-state index in [2.05, 4.69) is 0 Å².